The van der Waals surface area contributed by atoms with Crippen molar-refractivity contribution in [1.29, 1.82) is 0 Å². The molecule has 0 unspecified atom stereocenters. The molecule has 0 fully saturated rings. The van der Waals surface area contributed by atoms with Crippen molar-refractivity contribution in [1.82, 2.24) is 24.7 Å². The van der Waals surface area contributed by atoms with Crippen molar-refractivity contribution in [3.8, 4) is 17.1 Å². The first kappa shape index (κ1) is 28.0. The Labute approximate surface area is 231 Å². The first-order valence-electron chi connectivity index (χ1n) is 13.9. The third-order valence-electron chi connectivity index (χ3n) is 7.22. The monoisotopic (exact) mass is 531 g/mol. The molecule has 1 aromatic carbocycles. The highest BCUT2D eigenvalue weighted by molar-refractivity contribution is 8.06. The molecule has 0 spiro atoms. The molecule has 6 nitrogen and oxygen atoms in total. The predicted molar refractivity (Wildman–Crippen MR) is 160 cm³/mol. The van der Waals surface area contributed by atoms with Gasteiger partial charge in [-0.25, -0.2) is 0 Å². The summed E-state index contributed by atoms with van der Waals surface area (Å²) in [6.45, 7) is 12.0. The van der Waals surface area contributed by atoms with Crippen molar-refractivity contribution in [2.45, 2.75) is 79.6 Å². The average molecular weight is 532 g/mol. The molecule has 0 N–H and O–H groups in total. The number of benzene rings is 1. The van der Waals surface area contributed by atoms with Gasteiger partial charge in [-0.15, -0.1) is 10.2 Å². The smallest absolute Gasteiger partial charge is 0.189 e. The van der Waals surface area contributed by atoms with Gasteiger partial charge in [-0.05, 0) is 63.5 Å². The highest BCUT2D eigenvalue weighted by Gasteiger charge is 2.21. The number of rotatable bonds is 12. The second-order valence-corrected chi connectivity index (χ2v) is 11.1. The number of hydrogen-bond donors (Lipinski definition) is 0. The minimum Gasteiger partial charge on any atom is -0.496 e. The summed E-state index contributed by atoms with van der Waals surface area (Å²) in [5.41, 5.74) is 5.19. The summed E-state index contributed by atoms with van der Waals surface area (Å²) in [5.74, 6) is 1.47. The van der Waals surface area contributed by atoms with Crippen LogP contribution in [0.5, 0.6) is 5.75 Å². The lowest BCUT2D eigenvalue weighted by Crippen LogP contribution is -2.17. The molecule has 3 heterocycles. The van der Waals surface area contributed by atoms with Gasteiger partial charge >= 0.3 is 0 Å². The molecule has 0 saturated heterocycles. The molecule has 0 radical (unpaired) electrons. The molecule has 38 heavy (non-hydrogen) atoms. The van der Waals surface area contributed by atoms with Gasteiger partial charge < -0.3 is 9.64 Å². The van der Waals surface area contributed by atoms with E-state index in [2.05, 4.69) is 79.2 Å². The van der Waals surface area contributed by atoms with E-state index in [1.807, 2.05) is 29.3 Å². The third-order valence-corrected chi connectivity index (χ3v) is 8.39. The van der Waals surface area contributed by atoms with Crippen molar-refractivity contribution in [3.63, 3.8) is 0 Å². The summed E-state index contributed by atoms with van der Waals surface area (Å²) in [6, 6.07) is 6.19. The molecule has 1 aliphatic rings. The first-order chi connectivity index (χ1) is 18.5. The quantitative estimate of drug-likeness (QED) is 0.230. The van der Waals surface area contributed by atoms with E-state index in [1.165, 1.54) is 59.7 Å². The number of fused-ring (bicyclic) bond motifs is 1. The number of allylic oxidation sites excluding steroid dienone is 5. The maximum absolute atomic E-state index is 5.61. The van der Waals surface area contributed by atoms with E-state index in [0.717, 1.165) is 40.8 Å². The zero-order valence-corrected chi connectivity index (χ0v) is 24.6. The summed E-state index contributed by atoms with van der Waals surface area (Å²) in [4.78, 5) is 3.86. The Kier molecular flexibility index (Phi) is 9.67. The lowest BCUT2D eigenvalue weighted by atomic mass is 10.1. The lowest BCUT2D eigenvalue weighted by Gasteiger charge is -2.21. The molecular weight excluding hydrogens is 490 g/mol. The van der Waals surface area contributed by atoms with Gasteiger partial charge in [0.05, 0.1) is 23.4 Å². The molecule has 0 aliphatic carbocycles. The lowest BCUT2D eigenvalue weighted by molar-refractivity contribution is 0.416. The van der Waals surface area contributed by atoms with E-state index in [1.54, 1.807) is 7.11 Å². The second-order valence-electron chi connectivity index (χ2n) is 9.87. The van der Waals surface area contributed by atoms with E-state index in [9.17, 15) is 0 Å². The number of thioether (sulfide) groups is 1. The van der Waals surface area contributed by atoms with Gasteiger partial charge in [0, 0.05) is 22.4 Å². The molecule has 2 aromatic heterocycles. The summed E-state index contributed by atoms with van der Waals surface area (Å²) < 4.78 is 7.44. The summed E-state index contributed by atoms with van der Waals surface area (Å²) >= 11 is 1.87. The van der Waals surface area contributed by atoms with Crippen molar-refractivity contribution >= 4 is 23.5 Å². The summed E-state index contributed by atoms with van der Waals surface area (Å²) in [7, 11) is 1.68. The minimum atomic E-state index is 0.700. The molecule has 0 bridgehead atoms. The second kappa shape index (κ2) is 13.1. The standard InChI is InChI=1S/C31H41N5OS/c1-7-9-10-11-12-15-20-35-23(4)24(5)38-29(35)17-14-13-16-26-22(3)34-36-30(26)32-33-31(36)27-21-25(8-2)18-19-28(27)37-6/h13-14,16-19,21H,7-12,15,20H2,1-6H3/b14-13+,26-16-,29-17-. The number of hydrogen-bond acceptors (Lipinski definition) is 6. The van der Waals surface area contributed by atoms with Gasteiger partial charge in [-0.2, -0.15) is 9.61 Å². The Morgan fingerprint density at radius 2 is 1.71 bits per heavy atom. The Bertz CT molecular complexity index is 1400. The molecule has 0 saturated carbocycles. The van der Waals surface area contributed by atoms with Crippen molar-refractivity contribution in [2.75, 3.05) is 13.7 Å². The van der Waals surface area contributed by atoms with Gasteiger partial charge in [0.1, 0.15) is 5.75 Å². The Morgan fingerprint density at radius 1 is 0.947 bits per heavy atom. The number of nitrogens with zero attached hydrogens (tertiary/aromatic N) is 5. The fourth-order valence-electron chi connectivity index (χ4n) is 4.80. The minimum absolute atomic E-state index is 0.700. The van der Waals surface area contributed by atoms with Crippen LogP contribution in [0.3, 0.4) is 0 Å². The van der Waals surface area contributed by atoms with Crippen LogP contribution in [-0.4, -0.2) is 38.4 Å². The van der Waals surface area contributed by atoms with E-state index < -0.39 is 0 Å². The molecule has 4 rings (SSSR count). The fraction of sp³-hybridized carbons (Fsp3) is 0.452. The van der Waals surface area contributed by atoms with Crippen LogP contribution >= 0.6 is 11.8 Å². The van der Waals surface area contributed by atoms with Gasteiger partial charge in [-0.1, -0.05) is 75.9 Å². The number of ether oxygens (including phenoxy) is 1. The molecule has 3 aromatic rings. The van der Waals surface area contributed by atoms with Gasteiger partial charge in [0.15, 0.2) is 11.5 Å². The Balaban J connectivity index is 1.53. The van der Waals surface area contributed by atoms with Crippen molar-refractivity contribution < 1.29 is 4.74 Å². The third kappa shape index (κ3) is 6.15. The van der Waals surface area contributed by atoms with E-state index in [-0.39, 0.29) is 0 Å². The fourth-order valence-corrected chi connectivity index (χ4v) is 5.86. The molecule has 0 amide bonds. The van der Waals surface area contributed by atoms with Crippen LogP contribution in [0, 0.1) is 6.92 Å². The zero-order valence-electron chi connectivity index (χ0n) is 23.8. The number of aryl methyl sites for hydroxylation is 2. The Hall–Kier alpha value is -3.06. The molecule has 202 valence electrons. The van der Waals surface area contributed by atoms with Gasteiger partial charge in [-0.3, -0.25) is 0 Å². The molecule has 7 heteroatoms. The van der Waals surface area contributed by atoms with Gasteiger partial charge in [0.25, 0.3) is 0 Å². The van der Waals surface area contributed by atoms with E-state index >= 15 is 0 Å². The van der Waals surface area contributed by atoms with Crippen LogP contribution in [0.25, 0.3) is 23.1 Å². The number of methoxy groups -OCH3 is 1. The summed E-state index contributed by atoms with van der Waals surface area (Å²) in [6.07, 6.45) is 17.3. The normalized spacial score (nSPS) is 15.8. The van der Waals surface area contributed by atoms with Crippen LogP contribution in [0.2, 0.25) is 0 Å². The molecular formula is C31H41N5OS. The van der Waals surface area contributed by atoms with Crippen molar-refractivity contribution in [2.24, 2.45) is 0 Å². The molecule has 1 aliphatic heterocycles. The van der Waals surface area contributed by atoms with Crippen LogP contribution in [0.4, 0.5) is 0 Å². The Morgan fingerprint density at radius 3 is 2.47 bits per heavy atom. The highest BCUT2D eigenvalue weighted by Crippen LogP contribution is 2.40. The highest BCUT2D eigenvalue weighted by atomic mass is 32.2. The number of unbranched alkanes of at least 4 members (excludes halogenated alkanes) is 5. The summed E-state index contributed by atoms with van der Waals surface area (Å²) in [5, 5.41) is 16.0. The van der Waals surface area contributed by atoms with Gasteiger partial charge in [0.2, 0.25) is 0 Å². The van der Waals surface area contributed by atoms with E-state index in [0.29, 0.717) is 5.82 Å². The topological polar surface area (TPSA) is 55.6 Å². The van der Waals surface area contributed by atoms with Crippen LogP contribution < -0.4 is 9.96 Å². The maximum atomic E-state index is 5.61. The van der Waals surface area contributed by atoms with Crippen molar-refractivity contribution in [3.05, 3.63) is 68.5 Å². The van der Waals surface area contributed by atoms with Crippen LogP contribution in [0.1, 0.15) is 77.5 Å². The average Bonchev–Trinajstić information content (AvgIpc) is 3.55. The van der Waals surface area contributed by atoms with E-state index in [4.69, 9.17) is 9.84 Å². The van der Waals surface area contributed by atoms with Crippen LogP contribution in [0.15, 0.2) is 52.1 Å². The molecule has 0 atom stereocenters. The SMILES string of the molecule is CCCCCCCCN1C(C)=C(C)S\C1=C/C=C/C=c1/c(C)nn2c(-c3cc(CC)ccc3OC)nnc12. The first-order valence-corrected chi connectivity index (χ1v) is 14.7. The predicted octanol–water partition coefficient (Wildman–Crippen LogP) is 7.23. The maximum Gasteiger partial charge on any atom is 0.189 e. The largest absolute Gasteiger partial charge is 0.496 e. The zero-order chi connectivity index (χ0) is 27.1. The van der Waals surface area contributed by atoms with Crippen LogP contribution in [-0.2, 0) is 6.42 Å². The number of aromatic nitrogens is 4.